The van der Waals surface area contributed by atoms with Crippen molar-refractivity contribution in [2.75, 3.05) is 17.2 Å². The van der Waals surface area contributed by atoms with Gasteiger partial charge in [0.25, 0.3) is 12.1 Å². The number of rotatable bonds is 1. The zero-order chi connectivity index (χ0) is 9.26. The summed E-state index contributed by atoms with van der Waals surface area (Å²) in [5, 5.41) is 3.78. The lowest BCUT2D eigenvalue weighted by atomic mass is 10.2. The maximum Gasteiger partial charge on any atom is 0.293 e. The van der Waals surface area contributed by atoms with Crippen LogP contribution in [0.4, 0.5) is 5.88 Å². The molecular weight excluding hydrogens is 190 g/mol. The van der Waals surface area contributed by atoms with Gasteiger partial charge >= 0.3 is 0 Å². The van der Waals surface area contributed by atoms with E-state index in [1.165, 1.54) is 0 Å². The number of aromatic nitrogens is 2. The van der Waals surface area contributed by atoms with Crippen LogP contribution in [0.15, 0.2) is 10.7 Å². The number of hydrogen-bond acceptors (Lipinski definition) is 4. The smallest absolute Gasteiger partial charge is 0.293 e. The predicted molar refractivity (Wildman–Crippen MR) is 47.3 cm³/mol. The van der Waals surface area contributed by atoms with E-state index in [9.17, 15) is 4.21 Å². The highest BCUT2D eigenvalue weighted by Crippen LogP contribution is 2.16. The fourth-order valence-electron chi connectivity index (χ4n) is 1.49. The predicted octanol–water partition coefficient (Wildman–Crippen LogP) is -0.372. The van der Waals surface area contributed by atoms with E-state index in [-0.39, 0.29) is 0 Å². The quantitative estimate of drug-likeness (QED) is 0.630. The van der Waals surface area contributed by atoms with Gasteiger partial charge in [-0.05, 0) is 4.68 Å². The van der Waals surface area contributed by atoms with Crippen LogP contribution in [-0.4, -0.2) is 21.0 Å². The topological polar surface area (TPSA) is 73.0 Å². The molecule has 1 aromatic rings. The lowest BCUT2D eigenvalue weighted by molar-refractivity contribution is -0.785. The van der Waals surface area contributed by atoms with E-state index in [2.05, 4.69) is 5.27 Å². The molecule has 2 rings (SSSR count). The Bertz CT molecular complexity index is 315. The maximum atomic E-state index is 11.1. The van der Waals surface area contributed by atoms with Crippen LogP contribution in [0.5, 0.6) is 0 Å². The van der Waals surface area contributed by atoms with Gasteiger partial charge in [0.15, 0.2) is 6.04 Å². The van der Waals surface area contributed by atoms with E-state index in [1.807, 2.05) is 0 Å². The Morgan fingerprint density at radius 1 is 1.62 bits per heavy atom. The lowest BCUT2D eigenvalue weighted by Gasteiger charge is -2.12. The van der Waals surface area contributed by atoms with Gasteiger partial charge < -0.3 is 5.73 Å². The molecular formula is C7H12N3O2S+. The summed E-state index contributed by atoms with van der Waals surface area (Å²) in [6, 6.07) is 0.304. The fraction of sp³-hybridized carbons (Fsp3) is 0.714. The summed E-state index contributed by atoms with van der Waals surface area (Å²) in [6.45, 7) is 0. The SMILES string of the molecule is Nc1c[n+](C2CCS(=O)CC2)no1. The van der Waals surface area contributed by atoms with E-state index < -0.39 is 10.8 Å². The minimum atomic E-state index is -0.631. The number of nitrogens with zero attached hydrogens (tertiary/aromatic N) is 2. The molecule has 2 N–H and O–H groups in total. The largest absolute Gasteiger partial charge is 0.362 e. The molecule has 1 saturated heterocycles. The van der Waals surface area contributed by atoms with Gasteiger partial charge in [0.05, 0.1) is 0 Å². The molecule has 1 fully saturated rings. The summed E-state index contributed by atoms with van der Waals surface area (Å²) in [6.07, 6.45) is 3.46. The van der Waals surface area contributed by atoms with Crippen molar-refractivity contribution in [1.29, 1.82) is 0 Å². The Hall–Kier alpha value is -0.910. The monoisotopic (exact) mass is 202 g/mol. The van der Waals surface area contributed by atoms with Crippen LogP contribution in [0, 0.1) is 0 Å². The molecule has 2 heterocycles. The van der Waals surface area contributed by atoms with Crippen LogP contribution < -0.4 is 10.4 Å². The lowest BCUT2D eigenvalue weighted by Crippen LogP contribution is -2.43. The summed E-state index contributed by atoms with van der Waals surface area (Å²) >= 11 is 0. The summed E-state index contributed by atoms with van der Waals surface area (Å²) in [5.41, 5.74) is 5.40. The summed E-state index contributed by atoms with van der Waals surface area (Å²) in [4.78, 5) is 0. The van der Waals surface area contributed by atoms with Crippen molar-refractivity contribution in [1.82, 2.24) is 5.27 Å². The Morgan fingerprint density at radius 3 is 2.85 bits per heavy atom. The highest BCUT2D eigenvalue weighted by Gasteiger charge is 2.28. The summed E-state index contributed by atoms with van der Waals surface area (Å²) < 4.78 is 17.6. The highest BCUT2D eigenvalue weighted by atomic mass is 32.2. The average molecular weight is 202 g/mol. The van der Waals surface area contributed by atoms with Gasteiger partial charge in [0.1, 0.15) is 0 Å². The van der Waals surface area contributed by atoms with Crippen LogP contribution in [-0.2, 0) is 10.8 Å². The second-order valence-electron chi connectivity index (χ2n) is 3.16. The Labute approximate surface area is 78.3 Å². The zero-order valence-electron chi connectivity index (χ0n) is 7.18. The summed E-state index contributed by atoms with van der Waals surface area (Å²) in [5.74, 6) is 1.83. The van der Waals surface area contributed by atoms with E-state index in [0.717, 1.165) is 24.3 Å². The van der Waals surface area contributed by atoms with Gasteiger partial charge in [-0.2, -0.15) is 0 Å². The third kappa shape index (κ3) is 1.88. The van der Waals surface area contributed by atoms with Crippen molar-refractivity contribution < 1.29 is 13.4 Å². The fourth-order valence-corrected chi connectivity index (χ4v) is 2.76. The van der Waals surface area contributed by atoms with Gasteiger partial charge in [-0.3, -0.25) is 8.73 Å². The standard InChI is InChI=1S/C7H12N3O2S/c8-7-5-10(9-12-7)6-1-3-13(11)4-2-6/h5-6H,1-4,8H2/q+1. The molecule has 1 aliphatic heterocycles. The number of nitrogens with two attached hydrogens (primary N) is 1. The van der Waals surface area contributed by atoms with Crippen LogP contribution >= 0.6 is 0 Å². The molecule has 0 spiro atoms. The van der Waals surface area contributed by atoms with Crippen molar-refractivity contribution in [2.24, 2.45) is 0 Å². The first-order valence-electron chi connectivity index (χ1n) is 4.24. The number of hydrogen-bond donors (Lipinski definition) is 1. The van der Waals surface area contributed by atoms with Crippen LogP contribution in [0.25, 0.3) is 0 Å². The number of anilines is 1. The molecule has 1 aromatic heterocycles. The van der Waals surface area contributed by atoms with Gasteiger partial charge in [0.2, 0.25) is 5.27 Å². The van der Waals surface area contributed by atoms with Crippen LogP contribution in [0.2, 0.25) is 0 Å². The minimum Gasteiger partial charge on any atom is -0.362 e. The van der Waals surface area contributed by atoms with E-state index in [4.69, 9.17) is 10.3 Å². The van der Waals surface area contributed by atoms with Crippen molar-refractivity contribution in [3.05, 3.63) is 6.20 Å². The minimum absolute atomic E-state index is 0.304. The average Bonchev–Trinajstić information content (AvgIpc) is 2.53. The first kappa shape index (κ1) is 8.68. The molecule has 0 aromatic carbocycles. The molecule has 5 nitrogen and oxygen atoms in total. The molecule has 13 heavy (non-hydrogen) atoms. The van der Waals surface area contributed by atoms with Crippen molar-refractivity contribution in [2.45, 2.75) is 18.9 Å². The third-order valence-electron chi connectivity index (χ3n) is 2.23. The molecule has 0 amide bonds. The molecule has 0 atom stereocenters. The molecule has 0 saturated carbocycles. The first-order chi connectivity index (χ1) is 6.25. The number of nitrogen functional groups attached to an aromatic ring is 1. The van der Waals surface area contributed by atoms with Crippen LogP contribution in [0.3, 0.4) is 0 Å². The molecule has 0 radical (unpaired) electrons. The van der Waals surface area contributed by atoms with Crippen molar-refractivity contribution in [3.63, 3.8) is 0 Å². The molecule has 1 aliphatic rings. The molecule has 0 bridgehead atoms. The van der Waals surface area contributed by atoms with E-state index in [0.29, 0.717) is 11.9 Å². The molecule has 0 aliphatic carbocycles. The van der Waals surface area contributed by atoms with Gasteiger partial charge in [-0.15, -0.1) is 0 Å². The summed E-state index contributed by atoms with van der Waals surface area (Å²) in [7, 11) is -0.631. The molecule has 6 heteroatoms. The Balaban J connectivity index is 2.06. The second kappa shape index (κ2) is 3.45. The third-order valence-corrected chi connectivity index (χ3v) is 3.61. The highest BCUT2D eigenvalue weighted by molar-refractivity contribution is 7.85. The van der Waals surface area contributed by atoms with Crippen LogP contribution in [0.1, 0.15) is 18.9 Å². The van der Waals surface area contributed by atoms with Gasteiger partial charge in [-0.25, -0.2) is 0 Å². The van der Waals surface area contributed by atoms with Crippen molar-refractivity contribution >= 4 is 16.7 Å². The first-order valence-corrected chi connectivity index (χ1v) is 5.73. The second-order valence-corrected chi connectivity index (χ2v) is 4.86. The molecule has 72 valence electrons. The Morgan fingerprint density at radius 2 is 2.31 bits per heavy atom. The zero-order valence-corrected chi connectivity index (χ0v) is 8.00. The maximum absolute atomic E-state index is 11.1. The molecule has 0 unspecified atom stereocenters. The normalized spacial score (nSPS) is 28.9. The van der Waals surface area contributed by atoms with Gasteiger partial charge in [0, 0.05) is 35.1 Å². The van der Waals surface area contributed by atoms with Gasteiger partial charge in [-0.1, -0.05) is 0 Å². The van der Waals surface area contributed by atoms with E-state index >= 15 is 0 Å². The van der Waals surface area contributed by atoms with E-state index in [1.54, 1.807) is 10.9 Å². The van der Waals surface area contributed by atoms with Crippen molar-refractivity contribution in [3.8, 4) is 0 Å². The Kier molecular flexibility index (Phi) is 2.30.